The molecule has 3 aliphatic heterocycles. The van der Waals surface area contributed by atoms with E-state index >= 15 is 0 Å². The van der Waals surface area contributed by atoms with Crippen LogP contribution >= 0.6 is 0 Å². The number of sulfone groups is 3. The van der Waals surface area contributed by atoms with Crippen molar-refractivity contribution in [1.82, 2.24) is 29.9 Å². The number of aryl methyl sites for hydroxylation is 6. The molecule has 0 atom stereocenters. The van der Waals surface area contributed by atoms with Crippen molar-refractivity contribution in [1.29, 1.82) is 0 Å². The minimum absolute atomic E-state index is 0.238. The molecule has 10 aromatic carbocycles. The van der Waals surface area contributed by atoms with E-state index in [1.165, 1.54) is 16.7 Å². The van der Waals surface area contributed by atoms with E-state index in [9.17, 15) is 25.3 Å². The number of aliphatic imine (C=N–C) groups is 3. The van der Waals surface area contributed by atoms with E-state index in [0.29, 0.717) is 24.8 Å². The summed E-state index contributed by atoms with van der Waals surface area (Å²) in [5.74, 6) is 3.79. The first-order valence-electron chi connectivity index (χ1n) is 30.4. The van der Waals surface area contributed by atoms with E-state index in [4.69, 9.17) is 19.7 Å². The van der Waals surface area contributed by atoms with Gasteiger partial charge in [-0.2, -0.15) is 0 Å². The third-order valence-electron chi connectivity index (χ3n) is 16.8. The van der Waals surface area contributed by atoms with E-state index in [1.807, 2.05) is 95.3 Å². The Balaban J connectivity index is 0.000000123. The van der Waals surface area contributed by atoms with Crippen LogP contribution in [-0.2, 0) is 48.8 Å². The van der Waals surface area contributed by atoms with Gasteiger partial charge in [-0.15, -0.1) is 0 Å². The topological polar surface area (TPSA) is 235 Å². The normalized spacial score (nSPS) is 13.3. The Morgan fingerprint density at radius 3 is 1.01 bits per heavy atom. The second-order valence-corrected chi connectivity index (χ2v) is 29.6. The summed E-state index contributed by atoms with van der Waals surface area (Å²) in [5, 5.41) is 0. The Labute approximate surface area is 543 Å². The van der Waals surface area contributed by atoms with Gasteiger partial charge in [0.15, 0.2) is 0 Å². The Kier molecular flexibility index (Phi) is 15.6. The maximum absolute atomic E-state index is 13.4. The summed E-state index contributed by atoms with van der Waals surface area (Å²) >= 11 is 0. The lowest BCUT2D eigenvalue weighted by molar-refractivity contribution is 0.482. The quantitative estimate of drug-likeness (QED) is 0.111. The van der Waals surface area contributed by atoms with Crippen molar-refractivity contribution in [3.63, 3.8) is 0 Å². The average Bonchev–Trinajstić information content (AvgIpc) is 1.50. The molecule has 0 aliphatic carbocycles. The number of H-pyrrole nitrogens is 3. The summed E-state index contributed by atoms with van der Waals surface area (Å²) in [6, 6.07) is 62.6. The number of ether oxygens (including phenoxy) is 1. The highest BCUT2D eigenvalue weighted by Gasteiger charge is 2.27. The van der Waals surface area contributed by atoms with E-state index in [-0.39, 0.29) is 29.4 Å². The lowest BCUT2D eigenvalue weighted by atomic mass is 10.0. The van der Waals surface area contributed by atoms with Crippen LogP contribution in [0.5, 0.6) is 11.5 Å². The van der Waals surface area contributed by atoms with Crippen molar-refractivity contribution in [2.45, 2.75) is 90.2 Å². The molecular weight excluding hydrogens is 1240 g/mol. The molecule has 3 aliphatic rings. The van der Waals surface area contributed by atoms with Gasteiger partial charge in [-0.05, 0) is 221 Å². The third-order valence-corrected chi connectivity index (χ3v) is 22.0. The van der Waals surface area contributed by atoms with Crippen LogP contribution in [0.15, 0.2) is 251 Å². The van der Waals surface area contributed by atoms with Crippen LogP contribution in [0.25, 0.3) is 33.1 Å². The molecule has 16 nitrogen and oxygen atoms in total. The van der Waals surface area contributed by atoms with E-state index in [2.05, 4.69) is 73.2 Å². The number of aromatic nitrogens is 6. The van der Waals surface area contributed by atoms with Gasteiger partial charge in [0.1, 0.15) is 29.0 Å². The van der Waals surface area contributed by atoms with Crippen LogP contribution < -0.4 is 4.74 Å². The second-order valence-electron chi connectivity index (χ2n) is 23.8. The van der Waals surface area contributed by atoms with Crippen molar-refractivity contribution in [2.75, 3.05) is 0 Å². The number of nitrogens with one attached hydrogen (secondary N) is 3. The van der Waals surface area contributed by atoms with Gasteiger partial charge >= 0.3 is 0 Å². The van der Waals surface area contributed by atoms with Gasteiger partial charge in [0.25, 0.3) is 0 Å². The smallest absolute Gasteiger partial charge is 0.206 e. The molecule has 0 saturated heterocycles. The van der Waals surface area contributed by atoms with Crippen LogP contribution in [0.1, 0.15) is 67.5 Å². The molecule has 94 heavy (non-hydrogen) atoms. The zero-order chi connectivity index (χ0) is 65.2. The van der Waals surface area contributed by atoms with E-state index in [0.717, 1.165) is 124 Å². The lowest BCUT2D eigenvalue weighted by Crippen LogP contribution is -2.04. The zero-order valence-corrected chi connectivity index (χ0v) is 54.5. The van der Waals surface area contributed by atoms with Crippen molar-refractivity contribution >= 4 is 96.8 Å². The first-order chi connectivity index (χ1) is 45.1. The van der Waals surface area contributed by atoms with E-state index in [1.54, 1.807) is 109 Å². The first-order valence-corrected chi connectivity index (χ1v) is 34.9. The molecule has 3 aromatic heterocycles. The predicted octanol–water partition coefficient (Wildman–Crippen LogP) is 15.9. The predicted molar refractivity (Wildman–Crippen MR) is 368 cm³/mol. The fourth-order valence-corrected chi connectivity index (χ4v) is 15.8. The number of imidazole rings is 3. The number of fused-ring (bicyclic) bond motifs is 6. The summed E-state index contributed by atoms with van der Waals surface area (Å²) in [6.07, 6.45) is 1.82. The van der Waals surface area contributed by atoms with Gasteiger partial charge in [-0.25, -0.2) is 40.2 Å². The molecule has 13 aromatic rings. The van der Waals surface area contributed by atoms with Crippen LogP contribution in [0.3, 0.4) is 0 Å². The number of aromatic amines is 3. The largest absolute Gasteiger partial charge is 0.457 e. The molecule has 0 spiro atoms. The third kappa shape index (κ3) is 12.2. The van der Waals surface area contributed by atoms with Crippen molar-refractivity contribution in [2.24, 2.45) is 15.0 Å². The Morgan fingerprint density at radius 2 is 0.638 bits per heavy atom. The molecule has 0 unspecified atom stereocenters. The molecule has 16 rings (SSSR count). The molecular formula is C75H61N9O7S3. The Hall–Kier alpha value is -10.7. The zero-order valence-electron chi connectivity index (χ0n) is 52.0. The number of hydrogen-bond donors (Lipinski definition) is 3. The average molecular weight is 1300 g/mol. The minimum Gasteiger partial charge on any atom is -0.457 e. The number of hydrogen-bond acceptors (Lipinski definition) is 13. The van der Waals surface area contributed by atoms with Crippen LogP contribution in [-0.4, -0.2) is 72.3 Å². The summed E-state index contributed by atoms with van der Waals surface area (Å²) < 4.78 is 85.5. The van der Waals surface area contributed by atoms with Crippen molar-refractivity contribution < 1.29 is 30.0 Å². The molecule has 0 amide bonds. The van der Waals surface area contributed by atoms with Crippen molar-refractivity contribution in [3.8, 4) is 11.5 Å². The van der Waals surface area contributed by atoms with Gasteiger partial charge in [0.05, 0.1) is 96.7 Å². The Bertz CT molecular complexity index is 5670. The molecule has 0 fully saturated rings. The molecule has 0 saturated carbocycles. The van der Waals surface area contributed by atoms with Gasteiger partial charge in [0.2, 0.25) is 29.5 Å². The molecule has 6 heterocycles. The monoisotopic (exact) mass is 1300 g/mol. The molecule has 466 valence electrons. The minimum atomic E-state index is -3.68. The highest BCUT2D eigenvalue weighted by Crippen LogP contribution is 2.38. The van der Waals surface area contributed by atoms with E-state index < -0.39 is 29.5 Å². The van der Waals surface area contributed by atoms with Crippen LogP contribution in [0.4, 0.5) is 17.1 Å². The molecule has 3 N–H and O–H groups in total. The number of nitrogens with zero attached hydrogens (tertiary/aromatic N) is 6. The fraction of sp³-hybridized carbons (Fsp3) is 0.120. The lowest BCUT2D eigenvalue weighted by Gasteiger charge is -2.07. The maximum Gasteiger partial charge on any atom is 0.206 e. The van der Waals surface area contributed by atoms with Crippen LogP contribution in [0, 0.1) is 41.5 Å². The van der Waals surface area contributed by atoms with Gasteiger partial charge in [0, 0.05) is 19.3 Å². The highest BCUT2D eigenvalue weighted by molar-refractivity contribution is 7.92. The SMILES string of the molecule is Cc1ccc(C2=Nc3ccc(S(=O)(=O)c4ccc5nc(C)[nH]c5c4)cc3C2)cc1.Cc1ccc(Oc2ccc(C3=Nc4ccc(S(=O)(=O)c5ccc6nc(C)[nH]c6c5)cc4C3)cc2)cc1.Cc1cccc(C2=Nc3ccc(S(=O)(=O)c4ccc5nc(C)[nH]c5c4)cc3C2)c1. The number of rotatable bonds is 11. The van der Waals surface area contributed by atoms with Gasteiger partial charge < -0.3 is 19.7 Å². The van der Waals surface area contributed by atoms with Crippen LogP contribution in [0.2, 0.25) is 0 Å². The number of benzene rings is 10. The summed E-state index contributed by atoms with van der Waals surface area (Å²) in [5.41, 5.74) is 19.1. The summed E-state index contributed by atoms with van der Waals surface area (Å²) in [6.45, 7) is 11.7. The molecule has 0 radical (unpaired) electrons. The van der Waals surface area contributed by atoms with Gasteiger partial charge in [-0.3, -0.25) is 15.0 Å². The molecule has 19 heteroatoms. The molecule has 0 bridgehead atoms. The van der Waals surface area contributed by atoms with Crippen molar-refractivity contribution in [3.05, 3.63) is 274 Å². The van der Waals surface area contributed by atoms with Gasteiger partial charge in [-0.1, -0.05) is 77.4 Å². The summed E-state index contributed by atoms with van der Waals surface area (Å²) in [7, 11) is -10.9. The Morgan fingerprint density at radius 1 is 0.319 bits per heavy atom. The fourth-order valence-electron chi connectivity index (χ4n) is 11.8. The standard InChI is InChI=1S/C29H23N3O3S.2C23H19N3O2S/c1-18-3-7-22(8-4-18)35-23-9-5-20(6-10-23)28-16-21-15-24(11-13-26(21)32-28)36(33,34)25-12-14-27-29(17-25)31-19(2)30-27;1-14-3-5-16(6-4-14)22-12-17-11-18(7-9-20(17)26-22)29(27,28)19-8-10-21-23(13-19)25-15(2)24-21;1-14-4-3-5-16(10-14)22-12-17-11-18(6-8-20(17)26-22)29(27,28)19-7-9-21-23(13-19)25-15(2)24-21/h3-15,17H,16H2,1-2H3,(H,30,31);2*3-11,13H,12H2,1-2H3,(H,24,25). The maximum atomic E-state index is 13.4. The summed E-state index contributed by atoms with van der Waals surface area (Å²) in [4.78, 5) is 38.1. The highest BCUT2D eigenvalue weighted by atomic mass is 32.2. The second kappa shape index (κ2) is 24.1. The first kappa shape index (κ1) is 60.8.